The van der Waals surface area contributed by atoms with Crippen molar-refractivity contribution >= 4 is 5.97 Å². The Morgan fingerprint density at radius 1 is 1.47 bits per heavy atom. The van der Waals surface area contributed by atoms with E-state index in [9.17, 15) is 9.90 Å². The first kappa shape index (κ1) is 10.0. The van der Waals surface area contributed by atoms with Crippen molar-refractivity contribution in [1.29, 1.82) is 0 Å². The minimum absolute atomic E-state index is 0.115. The Bertz CT molecular complexity index is 405. The number of benzene rings is 1. The van der Waals surface area contributed by atoms with Gasteiger partial charge in [0.1, 0.15) is 5.75 Å². The predicted octanol–water partition coefficient (Wildman–Crippen LogP) is 2.21. The molecule has 1 fully saturated rings. The second-order valence-electron chi connectivity index (χ2n) is 4.37. The van der Waals surface area contributed by atoms with Crippen LogP contribution in [-0.2, 0) is 10.2 Å². The van der Waals surface area contributed by atoms with Crippen LogP contribution >= 0.6 is 0 Å². The number of aromatic hydroxyl groups is 1. The van der Waals surface area contributed by atoms with Gasteiger partial charge in [-0.2, -0.15) is 0 Å². The Morgan fingerprint density at radius 2 is 2.13 bits per heavy atom. The molecule has 1 saturated carbocycles. The average Bonchev–Trinajstić information content (AvgIpc) is 2.89. The third-order valence-electron chi connectivity index (χ3n) is 3.07. The van der Waals surface area contributed by atoms with Crippen molar-refractivity contribution < 1.29 is 15.0 Å². The Morgan fingerprint density at radius 3 is 2.67 bits per heavy atom. The Kier molecular flexibility index (Phi) is 2.18. The van der Waals surface area contributed by atoms with E-state index in [2.05, 4.69) is 0 Å². The van der Waals surface area contributed by atoms with Crippen molar-refractivity contribution in [2.45, 2.75) is 31.6 Å². The number of carboxylic acids is 1. The molecule has 0 aromatic heterocycles. The number of phenolic OH excluding ortho intramolecular Hbond substituents is 1. The summed E-state index contributed by atoms with van der Waals surface area (Å²) in [6.45, 7) is 1.94. The number of hydrogen-bond acceptors (Lipinski definition) is 2. The molecule has 0 saturated heterocycles. The fourth-order valence-corrected chi connectivity index (χ4v) is 2.06. The monoisotopic (exact) mass is 206 g/mol. The van der Waals surface area contributed by atoms with Gasteiger partial charge < -0.3 is 10.2 Å². The van der Waals surface area contributed by atoms with E-state index in [0.717, 1.165) is 24.0 Å². The molecule has 0 aliphatic heterocycles. The summed E-state index contributed by atoms with van der Waals surface area (Å²) >= 11 is 0. The lowest BCUT2D eigenvalue weighted by Gasteiger charge is -2.15. The van der Waals surface area contributed by atoms with E-state index in [4.69, 9.17) is 5.11 Å². The van der Waals surface area contributed by atoms with E-state index in [-0.39, 0.29) is 17.6 Å². The molecule has 0 atom stereocenters. The number of aliphatic carboxylic acids is 1. The minimum Gasteiger partial charge on any atom is -0.508 e. The van der Waals surface area contributed by atoms with Gasteiger partial charge in [-0.15, -0.1) is 0 Å². The molecule has 80 valence electrons. The highest BCUT2D eigenvalue weighted by Crippen LogP contribution is 2.53. The quantitative estimate of drug-likeness (QED) is 0.797. The standard InChI is InChI=1S/C12H14O3/c1-8-2-3-10(13)9(6-8)12(4-5-12)7-11(14)15/h2-3,6,13H,4-5,7H2,1H3,(H,14,15). The maximum Gasteiger partial charge on any atom is 0.304 e. The molecule has 3 heteroatoms. The number of carbonyl (C=O) groups is 1. The van der Waals surface area contributed by atoms with Gasteiger partial charge in [0.15, 0.2) is 0 Å². The fourth-order valence-electron chi connectivity index (χ4n) is 2.06. The normalized spacial score (nSPS) is 17.4. The Labute approximate surface area is 88.4 Å². The molecule has 0 amide bonds. The molecule has 0 radical (unpaired) electrons. The second kappa shape index (κ2) is 3.26. The minimum atomic E-state index is -0.798. The summed E-state index contributed by atoms with van der Waals surface area (Å²) in [6, 6.07) is 5.37. The SMILES string of the molecule is Cc1ccc(O)c(C2(CC(=O)O)CC2)c1. The second-order valence-corrected chi connectivity index (χ2v) is 4.37. The van der Waals surface area contributed by atoms with Crippen molar-refractivity contribution in [3.63, 3.8) is 0 Å². The van der Waals surface area contributed by atoms with E-state index < -0.39 is 5.97 Å². The van der Waals surface area contributed by atoms with Crippen LogP contribution in [0.5, 0.6) is 5.75 Å². The van der Waals surface area contributed by atoms with Crippen LogP contribution in [0.3, 0.4) is 0 Å². The van der Waals surface area contributed by atoms with Gasteiger partial charge in [-0.1, -0.05) is 17.7 Å². The van der Waals surface area contributed by atoms with Crippen molar-refractivity contribution in [3.8, 4) is 5.75 Å². The topological polar surface area (TPSA) is 57.5 Å². The van der Waals surface area contributed by atoms with Crippen LogP contribution < -0.4 is 0 Å². The summed E-state index contributed by atoms with van der Waals surface area (Å²) < 4.78 is 0. The van der Waals surface area contributed by atoms with Crippen LogP contribution in [0.15, 0.2) is 18.2 Å². The molecule has 15 heavy (non-hydrogen) atoms. The summed E-state index contributed by atoms with van der Waals surface area (Å²) in [5, 5.41) is 18.6. The molecule has 0 spiro atoms. The Balaban J connectivity index is 2.36. The number of rotatable bonds is 3. The predicted molar refractivity (Wildman–Crippen MR) is 56.0 cm³/mol. The van der Waals surface area contributed by atoms with Gasteiger partial charge in [-0.05, 0) is 25.8 Å². The third-order valence-corrected chi connectivity index (χ3v) is 3.07. The molecule has 1 aromatic rings. The molecule has 2 rings (SSSR count). The van der Waals surface area contributed by atoms with E-state index in [0.29, 0.717) is 0 Å². The van der Waals surface area contributed by atoms with Crippen LogP contribution in [0.4, 0.5) is 0 Å². The van der Waals surface area contributed by atoms with Crippen molar-refractivity contribution in [3.05, 3.63) is 29.3 Å². The maximum atomic E-state index is 10.7. The summed E-state index contributed by atoms with van der Waals surface area (Å²) in [6.07, 6.45) is 1.83. The van der Waals surface area contributed by atoms with Gasteiger partial charge in [0, 0.05) is 11.0 Å². The van der Waals surface area contributed by atoms with Crippen LogP contribution in [0.2, 0.25) is 0 Å². The molecular formula is C12H14O3. The zero-order chi connectivity index (χ0) is 11.1. The van der Waals surface area contributed by atoms with E-state index in [1.54, 1.807) is 6.07 Å². The van der Waals surface area contributed by atoms with Crippen LogP contribution in [0.25, 0.3) is 0 Å². The van der Waals surface area contributed by atoms with Crippen LogP contribution in [-0.4, -0.2) is 16.2 Å². The van der Waals surface area contributed by atoms with Gasteiger partial charge >= 0.3 is 5.97 Å². The van der Waals surface area contributed by atoms with Gasteiger partial charge in [-0.25, -0.2) is 0 Å². The van der Waals surface area contributed by atoms with Crippen molar-refractivity contribution in [2.24, 2.45) is 0 Å². The zero-order valence-electron chi connectivity index (χ0n) is 8.66. The highest BCUT2D eigenvalue weighted by atomic mass is 16.4. The number of carboxylic acid groups (broad SMARTS) is 1. The molecule has 0 heterocycles. The first-order valence-corrected chi connectivity index (χ1v) is 5.05. The number of phenols is 1. The summed E-state index contributed by atoms with van der Waals surface area (Å²) in [7, 11) is 0. The lowest BCUT2D eigenvalue weighted by Crippen LogP contribution is -2.13. The van der Waals surface area contributed by atoms with Crippen LogP contribution in [0.1, 0.15) is 30.4 Å². The first-order chi connectivity index (χ1) is 7.03. The molecule has 3 nitrogen and oxygen atoms in total. The Hall–Kier alpha value is -1.51. The smallest absolute Gasteiger partial charge is 0.304 e. The van der Waals surface area contributed by atoms with Gasteiger partial charge in [0.05, 0.1) is 6.42 Å². The highest BCUT2D eigenvalue weighted by Gasteiger charge is 2.47. The molecule has 1 aromatic carbocycles. The van der Waals surface area contributed by atoms with E-state index >= 15 is 0 Å². The lowest BCUT2D eigenvalue weighted by atomic mass is 9.90. The number of hydrogen-bond donors (Lipinski definition) is 2. The van der Waals surface area contributed by atoms with Crippen molar-refractivity contribution in [1.82, 2.24) is 0 Å². The van der Waals surface area contributed by atoms with E-state index in [1.807, 2.05) is 19.1 Å². The molecular weight excluding hydrogens is 192 g/mol. The summed E-state index contributed by atoms with van der Waals surface area (Å²) in [4.78, 5) is 10.7. The highest BCUT2D eigenvalue weighted by molar-refractivity contribution is 5.70. The fraction of sp³-hybridized carbons (Fsp3) is 0.417. The van der Waals surface area contributed by atoms with E-state index in [1.165, 1.54) is 0 Å². The summed E-state index contributed by atoms with van der Waals surface area (Å²) in [5.74, 6) is -0.576. The van der Waals surface area contributed by atoms with Gasteiger partial charge in [0.2, 0.25) is 0 Å². The van der Waals surface area contributed by atoms with Gasteiger partial charge in [0.25, 0.3) is 0 Å². The lowest BCUT2D eigenvalue weighted by molar-refractivity contribution is -0.137. The largest absolute Gasteiger partial charge is 0.508 e. The molecule has 0 bridgehead atoms. The zero-order valence-corrected chi connectivity index (χ0v) is 8.66. The third kappa shape index (κ3) is 1.82. The molecule has 1 aliphatic rings. The first-order valence-electron chi connectivity index (χ1n) is 5.05. The van der Waals surface area contributed by atoms with Crippen LogP contribution in [0, 0.1) is 6.92 Å². The maximum absolute atomic E-state index is 10.7. The average molecular weight is 206 g/mol. The van der Waals surface area contributed by atoms with Crippen molar-refractivity contribution in [2.75, 3.05) is 0 Å². The summed E-state index contributed by atoms with van der Waals surface area (Å²) in [5.41, 5.74) is 1.55. The molecule has 1 aliphatic carbocycles. The molecule has 0 unspecified atom stereocenters. The number of aryl methyl sites for hydroxylation is 1. The van der Waals surface area contributed by atoms with Gasteiger partial charge in [-0.3, -0.25) is 4.79 Å². The molecule has 2 N–H and O–H groups in total.